The van der Waals surface area contributed by atoms with Crippen LogP contribution in [0.5, 0.6) is 0 Å². The Morgan fingerprint density at radius 2 is 1.88 bits per heavy atom. The van der Waals surface area contributed by atoms with Crippen LogP contribution in [0.25, 0.3) is 0 Å². The van der Waals surface area contributed by atoms with Gasteiger partial charge in [0.05, 0.1) is 31.3 Å². The van der Waals surface area contributed by atoms with Crippen LogP contribution in [0.3, 0.4) is 0 Å². The minimum atomic E-state index is -1.29. The van der Waals surface area contributed by atoms with E-state index in [9.17, 15) is 14.4 Å². The first-order valence-electron chi connectivity index (χ1n) is 10.6. The molecule has 1 aromatic carbocycles. The van der Waals surface area contributed by atoms with E-state index in [1.54, 1.807) is 60.9 Å². The number of imide groups is 1. The van der Waals surface area contributed by atoms with Gasteiger partial charge in [0.15, 0.2) is 0 Å². The molecule has 0 aliphatic carbocycles. The standard InChI is InChI=1S/C26H23N3O4/c1-2-14-28(19-22-9-6-15-33-22)23(30)16-26(21-7-4-3-5-8-21)17-24(31)29(25(26)32)18-20-10-12-27-13-11-20/h1,3-13,15H,14,16-19H2/t26-/m0/s1. The van der Waals surface area contributed by atoms with Gasteiger partial charge in [0.25, 0.3) is 0 Å². The second kappa shape index (κ2) is 9.53. The number of nitrogens with zero attached hydrogens (tertiary/aromatic N) is 3. The van der Waals surface area contributed by atoms with Gasteiger partial charge in [-0.15, -0.1) is 6.42 Å². The molecule has 0 bridgehead atoms. The number of hydrogen-bond donors (Lipinski definition) is 0. The van der Waals surface area contributed by atoms with Crippen LogP contribution in [0.2, 0.25) is 0 Å². The molecule has 0 radical (unpaired) electrons. The molecule has 4 rings (SSSR count). The zero-order valence-corrected chi connectivity index (χ0v) is 18.0. The summed E-state index contributed by atoms with van der Waals surface area (Å²) in [5.74, 6) is 2.06. The third-order valence-electron chi connectivity index (χ3n) is 5.84. The van der Waals surface area contributed by atoms with Crippen molar-refractivity contribution in [3.8, 4) is 12.3 Å². The van der Waals surface area contributed by atoms with Crippen LogP contribution in [0.1, 0.15) is 29.7 Å². The molecule has 2 aromatic heterocycles. The maximum Gasteiger partial charge on any atom is 0.241 e. The average molecular weight is 441 g/mol. The van der Waals surface area contributed by atoms with Crippen LogP contribution < -0.4 is 0 Å². The highest BCUT2D eigenvalue weighted by atomic mass is 16.3. The molecule has 1 saturated heterocycles. The summed E-state index contributed by atoms with van der Waals surface area (Å²) in [5, 5.41) is 0. The number of benzene rings is 1. The fraction of sp³-hybridized carbons (Fsp3) is 0.231. The summed E-state index contributed by atoms with van der Waals surface area (Å²) >= 11 is 0. The predicted octanol–water partition coefficient (Wildman–Crippen LogP) is 2.92. The first kappa shape index (κ1) is 22.0. The van der Waals surface area contributed by atoms with E-state index in [4.69, 9.17) is 10.8 Å². The number of likely N-dealkylation sites (tertiary alicyclic amines) is 1. The average Bonchev–Trinajstić information content (AvgIpc) is 3.43. The lowest BCUT2D eigenvalue weighted by molar-refractivity contribution is -0.143. The Morgan fingerprint density at radius 1 is 1.12 bits per heavy atom. The molecule has 7 heteroatoms. The van der Waals surface area contributed by atoms with Gasteiger partial charge in [-0.05, 0) is 35.4 Å². The topological polar surface area (TPSA) is 83.7 Å². The summed E-state index contributed by atoms with van der Waals surface area (Å²) in [6.45, 7) is 0.375. The molecule has 3 amide bonds. The Kier molecular flexibility index (Phi) is 6.36. The van der Waals surface area contributed by atoms with E-state index in [-0.39, 0.29) is 50.2 Å². The van der Waals surface area contributed by atoms with Crippen molar-refractivity contribution in [3.05, 3.63) is 90.1 Å². The molecule has 1 atom stereocenters. The fourth-order valence-electron chi connectivity index (χ4n) is 4.16. The Morgan fingerprint density at radius 3 is 2.55 bits per heavy atom. The summed E-state index contributed by atoms with van der Waals surface area (Å²) in [7, 11) is 0. The molecule has 3 heterocycles. The first-order valence-corrected chi connectivity index (χ1v) is 10.6. The number of hydrogen-bond acceptors (Lipinski definition) is 5. The molecular weight excluding hydrogens is 418 g/mol. The van der Waals surface area contributed by atoms with E-state index in [0.717, 1.165) is 5.56 Å². The van der Waals surface area contributed by atoms with E-state index in [1.165, 1.54) is 16.1 Å². The third-order valence-corrected chi connectivity index (χ3v) is 5.84. The Hall–Kier alpha value is -4.18. The molecular formula is C26H23N3O4. The quantitative estimate of drug-likeness (QED) is 0.397. The number of carbonyl (C=O) groups excluding carboxylic acids is 3. The number of rotatable bonds is 8. The van der Waals surface area contributed by atoms with Crippen molar-refractivity contribution in [2.45, 2.75) is 31.3 Å². The molecule has 3 aromatic rings. The van der Waals surface area contributed by atoms with E-state index in [2.05, 4.69) is 10.9 Å². The lowest BCUT2D eigenvalue weighted by Crippen LogP contribution is -2.43. The van der Waals surface area contributed by atoms with Crippen LogP contribution in [0, 0.1) is 12.3 Å². The van der Waals surface area contributed by atoms with Gasteiger partial charge >= 0.3 is 0 Å². The molecule has 0 saturated carbocycles. The molecule has 0 N–H and O–H groups in total. The second-order valence-corrected chi connectivity index (χ2v) is 7.98. The van der Waals surface area contributed by atoms with Crippen LogP contribution in [-0.2, 0) is 32.9 Å². The largest absolute Gasteiger partial charge is 0.467 e. The second-order valence-electron chi connectivity index (χ2n) is 7.98. The molecule has 166 valence electrons. The summed E-state index contributed by atoms with van der Waals surface area (Å²) in [6.07, 6.45) is 9.99. The smallest absolute Gasteiger partial charge is 0.241 e. The third kappa shape index (κ3) is 4.55. The maximum atomic E-state index is 13.7. The van der Waals surface area contributed by atoms with Crippen molar-refractivity contribution < 1.29 is 18.8 Å². The van der Waals surface area contributed by atoms with Crippen molar-refractivity contribution in [3.63, 3.8) is 0 Å². The Labute approximate surface area is 192 Å². The Bertz CT molecular complexity index is 1170. The minimum Gasteiger partial charge on any atom is -0.467 e. The van der Waals surface area contributed by atoms with Gasteiger partial charge < -0.3 is 9.32 Å². The lowest BCUT2D eigenvalue weighted by atomic mass is 9.75. The van der Waals surface area contributed by atoms with Crippen molar-refractivity contribution >= 4 is 17.7 Å². The van der Waals surface area contributed by atoms with E-state index in [0.29, 0.717) is 11.3 Å². The van der Waals surface area contributed by atoms with Gasteiger partial charge in [0, 0.05) is 25.2 Å². The van der Waals surface area contributed by atoms with Crippen LogP contribution in [-0.4, -0.2) is 39.1 Å². The highest BCUT2D eigenvalue weighted by molar-refractivity contribution is 6.10. The van der Waals surface area contributed by atoms with Crippen molar-refractivity contribution in [1.29, 1.82) is 0 Å². The van der Waals surface area contributed by atoms with Crippen molar-refractivity contribution in [2.24, 2.45) is 0 Å². The Balaban J connectivity index is 1.65. The number of amides is 3. The maximum absolute atomic E-state index is 13.7. The van der Waals surface area contributed by atoms with Gasteiger partial charge in [-0.25, -0.2) is 0 Å². The molecule has 7 nitrogen and oxygen atoms in total. The highest BCUT2D eigenvalue weighted by Gasteiger charge is 2.54. The molecule has 1 aliphatic rings. The van der Waals surface area contributed by atoms with Gasteiger partial charge in [-0.2, -0.15) is 0 Å². The van der Waals surface area contributed by atoms with E-state index in [1.807, 2.05) is 6.07 Å². The summed E-state index contributed by atoms with van der Waals surface area (Å²) in [6, 6.07) is 16.0. The zero-order chi connectivity index (χ0) is 23.3. The summed E-state index contributed by atoms with van der Waals surface area (Å²) in [5.41, 5.74) is 0.125. The van der Waals surface area contributed by atoms with Crippen molar-refractivity contribution in [2.75, 3.05) is 6.54 Å². The summed E-state index contributed by atoms with van der Waals surface area (Å²) < 4.78 is 5.37. The SMILES string of the molecule is C#CCN(Cc1ccco1)C(=O)C[C@@]1(c2ccccc2)CC(=O)N(Cc2ccncc2)C1=O. The number of aromatic nitrogens is 1. The number of terminal acetylenes is 1. The molecule has 1 aliphatic heterocycles. The van der Waals surface area contributed by atoms with Crippen LogP contribution in [0.4, 0.5) is 0 Å². The minimum absolute atomic E-state index is 0.0628. The monoisotopic (exact) mass is 441 g/mol. The predicted molar refractivity (Wildman–Crippen MR) is 120 cm³/mol. The molecule has 0 spiro atoms. The van der Waals surface area contributed by atoms with Crippen LogP contribution in [0.15, 0.2) is 77.7 Å². The normalized spacial score (nSPS) is 17.7. The van der Waals surface area contributed by atoms with Crippen LogP contribution >= 0.6 is 0 Å². The first-order chi connectivity index (χ1) is 16.0. The molecule has 33 heavy (non-hydrogen) atoms. The zero-order valence-electron chi connectivity index (χ0n) is 18.0. The van der Waals surface area contributed by atoms with Gasteiger partial charge in [-0.3, -0.25) is 24.3 Å². The number of carbonyl (C=O) groups is 3. The molecule has 0 unspecified atom stereocenters. The lowest BCUT2D eigenvalue weighted by Gasteiger charge is -2.29. The van der Waals surface area contributed by atoms with Gasteiger partial charge in [0.1, 0.15) is 5.76 Å². The van der Waals surface area contributed by atoms with Gasteiger partial charge in [0.2, 0.25) is 17.7 Å². The van der Waals surface area contributed by atoms with Crippen molar-refractivity contribution in [1.82, 2.24) is 14.8 Å². The summed E-state index contributed by atoms with van der Waals surface area (Å²) in [4.78, 5) is 46.8. The molecule has 1 fully saturated rings. The van der Waals surface area contributed by atoms with E-state index >= 15 is 0 Å². The van der Waals surface area contributed by atoms with E-state index < -0.39 is 5.41 Å². The number of pyridine rings is 1. The fourth-order valence-corrected chi connectivity index (χ4v) is 4.16. The highest BCUT2D eigenvalue weighted by Crippen LogP contribution is 2.41. The van der Waals surface area contributed by atoms with Gasteiger partial charge in [-0.1, -0.05) is 36.3 Å². The number of furan rings is 1.